The molecule has 0 aliphatic heterocycles. The van der Waals surface area contributed by atoms with Gasteiger partial charge in [-0.3, -0.25) is 4.68 Å². The van der Waals surface area contributed by atoms with Gasteiger partial charge in [-0.25, -0.2) is 0 Å². The molecule has 0 amide bonds. The van der Waals surface area contributed by atoms with Gasteiger partial charge in [0.1, 0.15) is 5.75 Å². The van der Waals surface area contributed by atoms with E-state index in [1.807, 2.05) is 18.3 Å². The first-order chi connectivity index (χ1) is 10.3. The van der Waals surface area contributed by atoms with Crippen molar-refractivity contribution in [2.24, 2.45) is 0 Å². The van der Waals surface area contributed by atoms with Crippen LogP contribution in [0.2, 0.25) is 0 Å². The monoisotopic (exact) mass is 285 g/mol. The van der Waals surface area contributed by atoms with Gasteiger partial charge < -0.3 is 10.1 Å². The minimum atomic E-state index is 0.402. The van der Waals surface area contributed by atoms with Crippen molar-refractivity contribution in [2.45, 2.75) is 45.3 Å². The SMILES string of the molecule is CCn1ncc2c1CCC[C@H]2NCc1ccccc1OC. The van der Waals surface area contributed by atoms with Gasteiger partial charge in [-0.05, 0) is 32.3 Å². The molecule has 1 aliphatic rings. The molecule has 0 saturated heterocycles. The zero-order chi connectivity index (χ0) is 14.7. The summed E-state index contributed by atoms with van der Waals surface area (Å²) in [5, 5.41) is 8.18. The highest BCUT2D eigenvalue weighted by molar-refractivity contribution is 5.33. The zero-order valence-electron chi connectivity index (χ0n) is 12.8. The molecule has 3 rings (SSSR count). The van der Waals surface area contributed by atoms with Crippen LogP contribution in [0, 0.1) is 0 Å². The normalized spacial score (nSPS) is 17.5. The Morgan fingerprint density at radius 1 is 1.38 bits per heavy atom. The Kier molecular flexibility index (Phi) is 4.25. The maximum atomic E-state index is 5.42. The highest BCUT2D eigenvalue weighted by Crippen LogP contribution is 2.30. The van der Waals surface area contributed by atoms with Crippen molar-refractivity contribution < 1.29 is 4.74 Å². The Bertz CT molecular complexity index is 606. The van der Waals surface area contributed by atoms with Crippen LogP contribution in [0.5, 0.6) is 5.75 Å². The number of ether oxygens (including phenoxy) is 1. The molecule has 21 heavy (non-hydrogen) atoms. The summed E-state index contributed by atoms with van der Waals surface area (Å²) < 4.78 is 7.55. The third-order valence-electron chi connectivity index (χ3n) is 4.29. The number of benzene rings is 1. The zero-order valence-corrected chi connectivity index (χ0v) is 12.8. The summed E-state index contributed by atoms with van der Waals surface area (Å²) >= 11 is 0. The number of methoxy groups -OCH3 is 1. The van der Waals surface area contributed by atoms with Crippen molar-refractivity contribution in [1.82, 2.24) is 15.1 Å². The lowest BCUT2D eigenvalue weighted by molar-refractivity contribution is 0.400. The predicted octanol–water partition coefficient (Wildman–Crippen LogP) is 3.08. The molecule has 2 aromatic rings. The molecule has 0 saturated carbocycles. The predicted molar refractivity (Wildman–Crippen MR) is 83.4 cm³/mol. The van der Waals surface area contributed by atoms with Crippen molar-refractivity contribution in [2.75, 3.05) is 7.11 Å². The van der Waals surface area contributed by atoms with Crippen LogP contribution in [0.15, 0.2) is 30.5 Å². The van der Waals surface area contributed by atoms with Crippen LogP contribution in [-0.4, -0.2) is 16.9 Å². The quantitative estimate of drug-likeness (QED) is 0.917. The Hall–Kier alpha value is -1.81. The lowest BCUT2D eigenvalue weighted by Gasteiger charge is -2.24. The smallest absolute Gasteiger partial charge is 0.123 e. The van der Waals surface area contributed by atoms with Crippen LogP contribution in [-0.2, 0) is 19.5 Å². The summed E-state index contributed by atoms with van der Waals surface area (Å²) in [6.07, 6.45) is 5.59. The average Bonchev–Trinajstić information content (AvgIpc) is 2.96. The Morgan fingerprint density at radius 2 is 2.24 bits per heavy atom. The van der Waals surface area contributed by atoms with E-state index in [1.54, 1.807) is 7.11 Å². The number of fused-ring (bicyclic) bond motifs is 1. The van der Waals surface area contributed by atoms with Crippen molar-refractivity contribution in [1.29, 1.82) is 0 Å². The highest BCUT2D eigenvalue weighted by atomic mass is 16.5. The van der Waals surface area contributed by atoms with Crippen molar-refractivity contribution in [3.05, 3.63) is 47.3 Å². The second-order valence-electron chi connectivity index (χ2n) is 5.50. The summed E-state index contributed by atoms with van der Waals surface area (Å²) in [5.41, 5.74) is 3.98. The Balaban J connectivity index is 1.74. The van der Waals surface area contributed by atoms with E-state index in [0.717, 1.165) is 25.3 Å². The average molecular weight is 285 g/mol. The molecule has 1 aromatic heterocycles. The second kappa shape index (κ2) is 6.31. The van der Waals surface area contributed by atoms with Crippen molar-refractivity contribution in [3.8, 4) is 5.75 Å². The number of aromatic nitrogens is 2. The van der Waals surface area contributed by atoms with Crippen LogP contribution >= 0.6 is 0 Å². The third-order valence-corrected chi connectivity index (χ3v) is 4.29. The van der Waals surface area contributed by atoms with Gasteiger partial charge in [0.05, 0.1) is 13.3 Å². The first kappa shape index (κ1) is 14.1. The molecule has 1 atom stereocenters. The van der Waals surface area contributed by atoms with E-state index in [0.29, 0.717) is 6.04 Å². The lowest BCUT2D eigenvalue weighted by Crippen LogP contribution is -2.25. The van der Waals surface area contributed by atoms with Crippen LogP contribution in [0.25, 0.3) is 0 Å². The number of hydrogen-bond donors (Lipinski definition) is 1. The van der Waals surface area contributed by atoms with E-state index in [9.17, 15) is 0 Å². The van der Waals surface area contributed by atoms with E-state index in [-0.39, 0.29) is 0 Å². The molecule has 4 nitrogen and oxygen atoms in total. The molecule has 0 radical (unpaired) electrons. The van der Waals surface area contributed by atoms with E-state index >= 15 is 0 Å². The Morgan fingerprint density at radius 3 is 3.05 bits per heavy atom. The molecule has 1 aromatic carbocycles. The van der Waals surface area contributed by atoms with Gasteiger partial charge in [0, 0.05) is 36.0 Å². The van der Waals surface area contributed by atoms with Gasteiger partial charge in [0.2, 0.25) is 0 Å². The van der Waals surface area contributed by atoms with Crippen LogP contribution in [0.4, 0.5) is 0 Å². The number of nitrogens with zero attached hydrogens (tertiary/aromatic N) is 2. The van der Waals surface area contributed by atoms with E-state index in [2.05, 4.69) is 34.2 Å². The fourth-order valence-corrected chi connectivity index (χ4v) is 3.19. The summed E-state index contributed by atoms with van der Waals surface area (Å²) in [5.74, 6) is 0.949. The molecule has 0 bridgehead atoms. The van der Waals surface area contributed by atoms with E-state index in [1.165, 1.54) is 29.7 Å². The molecular weight excluding hydrogens is 262 g/mol. The van der Waals surface area contributed by atoms with E-state index in [4.69, 9.17) is 4.74 Å². The summed E-state index contributed by atoms with van der Waals surface area (Å²) in [6, 6.07) is 8.59. The third kappa shape index (κ3) is 2.81. The fraction of sp³-hybridized carbons (Fsp3) is 0.471. The molecule has 0 unspecified atom stereocenters. The first-order valence-electron chi connectivity index (χ1n) is 7.73. The maximum absolute atomic E-state index is 5.42. The topological polar surface area (TPSA) is 39.1 Å². The van der Waals surface area contributed by atoms with Gasteiger partial charge in [-0.15, -0.1) is 0 Å². The fourth-order valence-electron chi connectivity index (χ4n) is 3.19. The minimum Gasteiger partial charge on any atom is -0.496 e. The number of nitrogens with one attached hydrogen (secondary N) is 1. The van der Waals surface area contributed by atoms with Crippen LogP contribution < -0.4 is 10.1 Å². The molecule has 1 heterocycles. The molecule has 4 heteroatoms. The molecular formula is C17H23N3O. The maximum Gasteiger partial charge on any atom is 0.123 e. The molecule has 1 N–H and O–H groups in total. The van der Waals surface area contributed by atoms with E-state index < -0.39 is 0 Å². The van der Waals surface area contributed by atoms with Gasteiger partial charge in [0.15, 0.2) is 0 Å². The molecule has 0 fully saturated rings. The highest BCUT2D eigenvalue weighted by Gasteiger charge is 2.23. The number of rotatable bonds is 5. The van der Waals surface area contributed by atoms with Crippen LogP contribution in [0.3, 0.4) is 0 Å². The molecule has 1 aliphatic carbocycles. The molecule has 0 spiro atoms. The van der Waals surface area contributed by atoms with Gasteiger partial charge in [-0.1, -0.05) is 18.2 Å². The standard InChI is InChI=1S/C17H23N3O/c1-3-20-16-9-6-8-15(14(16)12-19-20)18-11-13-7-4-5-10-17(13)21-2/h4-5,7,10,12,15,18H,3,6,8-9,11H2,1-2H3/t15-/m1/s1. The van der Waals surface area contributed by atoms with Crippen LogP contribution in [0.1, 0.15) is 42.6 Å². The minimum absolute atomic E-state index is 0.402. The molecule has 112 valence electrons. The summed E-state index contributed by atoms with van der Waals surface area (Å²) in [6.45, 7) is 3.93. The summed E-state index contributed by atoms with van der Waals surface area (Å²) in [4.78, 5) is 0. The lowest BCUT2D eigenvalue weighted by atomic mass is 9.92. The van der Waals surface area contributed by atoms with Gasteiger partial charge in [0.25, 0.3) is 0 Å². The van der Waals surface area contributed by atoms with Gasteiger partial charge >= 0.3 is 0 Å². The van der Waals surface area contributed by atoms with Crippen molar-refractivity contribution in [3.63, 3.8) is 0 Å². The first-order valence-corrected chi connectivity index (χ1v) is 7.73. The number of aryl methyl sites for hydroxylation is 1. The largest absolute Gasteiger partial charge is 0.496 e. The van der Waals surface area contributed by atoms with Gasteiger partial charge in [-0.2, -0.15) is 5.10 Å². The number of para-hydroxylation sites is 1. The second-order valence-corrected chi connectivity index (χ2v) is 5.50. The summed E-state index contributed by atoms with van der Waals surface area (Å²) in [7, 11) is 1.73. The Labute approximate surface area is 126 Å². The number of hydrogen-bond acceptors (Lipinski definition) is 3. The van der Waals surface area contributed by atoms with Crippen molar-refractivity contribution >= 4 is 0 Å².